The largest absolute Gasteiger partial charge is 0.448 e. The molecule has 0 atom stereocenters. The van der Waals surface area contributed by atoms with E-state index in [1.165, 1.54) is 0 Å². The molecule has 0 spiro atoms. The van der Waals surface area contributed by atoms with Crippen LogP contribution in [0.15, 0.2) is 18.2 Å². The number of rotatable bonds is 4. The summed E-state index contributed by atoms with van der Waals surface area (Å²) in [5.74, 6) is 0.882. The Kier molecular flexibility index (Phi) is 3.88. The van der Waals surface area contributed by atoms with E-state index in [0.717, 1.165) is 11.0 Å². The molecule has 1 amide bonds. The lowest BCUT2D eigenvalue weighted by Gasteiger charge is -2.07. The summed E-state index contributed by atoms with van der Waals surface area (Å²) in [5, 5.41) is 8.91. The normalized spacial score (nSPS) is 10.3. The average molecular weight is 279 g/mol. The Morgan fingerprint density at radius 2 is 2.37 bits per heavy atom. The molecule has 19 heavy (non-hydrogen) atoms. The van der Waals surface area contributed by atoms with Gasteiger partial charge in [0.2, 0.25) is 0 Å². The van der Waals surface area contributed by atoms with Crippen molar-refractivity contribution < 1.29 is 9.53 Å². The number of halogens is 1. The summed E-state index contributed by atoms with van der Waals surface area (Å²) >= 11 is 5.84. The fraction of sp³-hybridized carbons (Fsp3) is 0.250. The SMILES string of the molecule is N#Cc1ccc2nc(CCl)n(CCOC(N)=O)c2c1. The molecule has 2 N–H and O–H groups in total. The van der Waals surface area contributed by atoms with Crippen LogP contribution >= 0.6 is 11.6 Å². The first-order valence-electron chi connectivity index (χ1n) is 5.53. The van der Waals surface area contributed by atoms with Gasteiger partial charge in [0, 0.05) is 0 Å². The van der Waals surface area contributed by atoms with Crippen molar-refractivity contribution in [1.82, 2.24) is 9.55 Å². The van der Waals surface area contributed by atoms with Crippen LogP contribution in [-0.4, -0.2) is 22.3 Å². The molecule has 7 heteroatoms. The molecule has 1 heterocycles. The Morgan fingerprint density at radius 3 is 3.00 bits per heavy atom. The zero-order valence-electron chi connectivity index (χ0n) is 9.97. The number of aromatic nitrogens is 2. The highest BCUT2D eigenvalue weighted by molar-refractivity contribution is 6.16. The topological polar surface area (TPSA) is 93.9 Å². The molecule has 0 fully saturated rings. The Morgan fingerprint density at radius 1 is 1.58 bits per heavy atom. The second kappa shape index (κ2) is 5.59. The lowest BCUT2D eigenvalue weighted by atomic mass is 10.2. The van der Waals surface area contributed by atoms with E-state index in [0.29, 0.717) is 17.9 Å². The van der Waals surface area contributed by atoms with Crippen molar-refractivity contribution in [3.8, 4) is 6.07 Å². The van der Waals surface area contributed by atoms with Crippen molar-refractivity contribution in [3.05, 3.63) is 29.6 Å². The summed E-state index contributed by atoms with van der Waals surface area (Å²) in [4.78, 5) is 14.9. The van der Waals surface area contributed by atoms with Crippen molar-refractivity contribution in [2.24, 2.45) is 5.73 Å². The van der Waals surface area contributed by atoms with Crippen LogP contribution < -0.4 is 5.73 Å². The molecule has 0 aliphatic rings. The molecule has 0 bridgehead atoms. The molecule has 0 radical (unpaired) electrons. The molecule has 1 aromatic carbocycles. The summed E-state index contributed by atoms with van der Waals surface area (Å²) in [7, 11) is 0. The smallest absolute Gasteiger partial charge is 0.404 e. The van der Waals surface area contributed by atoms with Crippen LogP contribution in [0.1, 0.15) is 11.4 Å². The first-order chi connectivity index (χ1) is 9.15. The molecular weight excluding hydrogens is 268 g/mol. The van der Waals surface area contributed by atoms with Crippen molar-refractivity contribution in [2.75, 3.05) is 6.61 Å². The van der Waals surface area contributed by atoms with Crippen LogP contribution in [-0.2, 0) is 17.2 Å². The van der Waals surface area contributed by atoms with E-state index >= 15 is 0 Å². The highest BCUT2D eigenvalue weighted by Gasteiger charge is 2.11. The third-order valence-corrected chi connectivity index (χ3v) is 2.87. The van der Waals surface area contributed by atoms with Gasteiger partial charge in [-0.25, -0.2) is 9.78 Å². The van der Waals surface area contributed by atoms with Gasteiger partial charge in [-0.1, -0.05) is 0 Å². The predicted molar refractivity (Wildman–Crippen MR) is 69.5 cm³/mol. The summed E-state index contributed by atoms with van der Waals surface area (Å²) < 4.78 is 6.51. The molecule has 6 nitrogen and oxygen atoms in total. The van der Waals surface area contributed by atoms with Gasteiger partial charge in [-0.15, -0.1) is 11.6 Å². The number of carbonyl (C=O) groups is 1. The Balaban J connectivity index is 2.38. The van der Waals surface area contributed by atoms with Gasteiger partial charge in [-0.05, 0) is 18.2 Å². The molecule has 0 aliphatic heterocycles. The minimum Gasteiger partial charge on any atom is -0.448 e. The third kappa shape index (κ3) is 2.77. The van der Waals surface area contributed by atoms with Gasteiger partial charge in [-0.2, -0.15) is 5.26 Å². The summed E-state index contributed by atoms with van der Waals surface area (Å²) in [5.41, 5.74) is 6.96. The Labute approximate surface area is 114 Å². The number of alkyl halides is 1. The van der Waals surface area contributed by atoms with E-state index < -0.39 is 6.09 Å². The van der Waals surface area contributed by atoms with Crippen LogP contribution in [0.2, 0.25) is 0 Å². The number of nitrogens with zero attached hydrogens (tertiary/aromatic N) is 3. The first-order valence-corrected chi connectivity index (χ1v) is 6.06. The van der Waals surface area contributed by atoms with Gasteiger partial charge >= 0.3 is 6.09 Å². The van der Waals surface area contributed by atoms with E-state index in [-0.39, 0.29) is 12.5 Å². The molecule has 0 saturated heterocycles. The Hall–Kier alpha value is -2.26. The van der Waals surface area contributed by atoms with Gasteiger partial charge < -0.3 is 15.0 Å². The fourth-order valence-corrected chi connectivity index (χ4v) is 2.04. The number of primary amides is 1. The molecule has 2 rings (SSSR count). The maximum Gasteiger partial charge on any atom is 0.404 e. The Bertz CT molecular complexity index is 660. The van der Waals surface area contributed by atoms with Crippen LogP contribution in [0, 0.1) is 11.3 Å². The molecular formula is C12H11ClN4O2. The number of ether oxygens (including phenoxy) is 1. The van der Waals surface area contributed by atoms with E-state index in [9.17, 15) is 4.79 Å². The van der Waals surface area contributed by atoms with Crippen LogP contribution in [0.25, 0.3) is 11.0 Å². The summed E-state index contributed by atoms with van der Waals surface area (Å²) in [6.07, 6.45) is -0.824. The van der Waals surface area contributed by atoms with Crippen LogP contribution in [0.4, 0.5) is 4.79 Å². The standard InChI is InChI=1S/C12H11ClN4O2/c13-6-11-16-9-2-1-8(7-14)5-10(9)17(11)3-4-19-12(15)18/h1-2,5H,3-4,6H2,(H2,15,18). The van der Waals surface area contributed by atoms with Gasteiger partial charge in [0.05, 0.1) is 35.1 Å². The molecule has 0 unspecified atom stereocenters. The second-order valence-corrected chi connectivity index (χ2v) is 4.06. The van der Waals surface area contributed by atoms with Crippen molar-refractivity contribution >= 4 is 28.7 Å². The van der Waals surface area contributed by atoms with Crippen molar-refractivity contribution in [3.63, 3.8) is 0 Å². The predicted octanol–water partition coefficient (Wildman–Crippen LogP) is 1.74. The molecule has 2 aromatic rings. The minimum atomic E-state index is -0.824. The zero-order chi connectivity index (χ0) is 13.8. The van der Waals surface area contributed by atoms with E-state index in [2.05, 4.69) is 11.1 Å². The van der Waals surface area contributed by atoms with Crippen molar-refractivity contribution in [1.29, 1.82) is 5.26 Å². The molecule has 98 valence electrons. The number of nitriles is 1. The highest BCUT2D eigenvalue weighted by atomic mass is 35.5. The monoisotopic (exact) mass is 278 g/mol. The van der Waals surface area contributed by atoms with Crippen LogP contribution in [0.5, 0.6) is 0 Å². The average Bonchev–Trinajstić information content (AvgIpc) is 2.75. The third-order valence-electron chi connectivity index (χ3n) is 2.64. The second-order valence-electron chi connectivity index (χ2n) is 3.80. The number of nitrogens with two attached hydrogens (primary N) is 1. The number of benzene rings is 1. The number of amides is 1. The number of hydrogen-bond donors (Lipinski definition) is 1. The van der Waals surface area contributed by atoms with Crippen molar-refractivity contribution in [2.45, 2.75) is 12.4 Å². The first kappa shape index (κ1) is 13.2. The number of carbonyl (C=O) groups excluding carboxylic acids is 1. The maximum absolute atomic E-state index is 10.6. The summed E-state index contributed by atoms with van der Waals surface area (Å²) in [6.45, 7) is 0.512. The van der Waals surface area contributed by atoms with E-state index in [1.54, 1.807) is 18.2 Å². The van der Waals surface area contributed by atoms with E-state index in [4.69, 9.17) is 27.3 Å². The zero-order valence-corrected chi connectivity index (χ0v) is 10.7. The number of fused-ring (bicyclic) bond motifs is 1. The molecule has 0 aliphatic carbocycles. The minimum absolute atomic E-state index is 0.126. The van der Waals surface area contributed by atoms with Gasteiger partial charge in [0.15, 0.2) is 0 Å². The van der Waals surface area contributed by atoms with Crippen LogP contribution in [0.3, 0.4) is 0 Å². The highest BCUT2D eigenvalue weighted by Crippen LogP contribution is 2.19. The fourth-order valence-electron chi connectivity index (χ4n) is 1.83. The quantitative estimate of drug-likeness (QED) is 0.862. The molecule has 1 aromatic heterocycles. The molecule has 0 saturated carbocycles. The lowest BCUT2D eigenvalue weighted by Crippen LogP contribution is -2.17. The maximum atomic E-state index is 10.6. The number of imidazole rings is 1. The van der Waals surface area contributed by atoms with Gasteiger partial charge in [-0.3, -0.25) is 0 Å². The van der Waals surface area contributed by atoms with E-state index in [1.807, 2.05) is 4.57 Å². The lowest BCUT2D eigenvalue weighted by molar-refractivity contribution is 0.152. The summed E-state index contributed by atoms with van der Waals surface area (Å²) in [6, 6.07) is 7.24. The van der Waals surface area contributed by atoms with Gasteiger partial charge in [0.25, 0.3) is 0 Å². The number of hydrogen-bond acceptors (Lipinski definition) is 4. The van der Waals surface area contributed by atoms with Gasteiger partial charge in [0.1, 0.15) is 12.4 Å².